The van der Waals surface area contributed by atoms with Crippen LogP contribution in [0.15, 0.2) is 0 Å². The van der Waals surface area contributed by atoms with Gasteiger partial charge in [0.1, 0.15) is 0 Å². The van der Waals surface area contributed by atoms with E-state index in [1.54, 1.807) is 4.31 Å². The molecule has 6 heteroatoms. The van der Waals surface area contributed by atoms with Crippen molar-refractivity contribution >= 4 is 21.8 Å². The minimum absolute atomic E-state index is 0.113. The lowest BCUT2D eigenvalue weighted by atomic mass is 10.2. The Morgan fingerprint density at radius 3 is 2.69 bits per heavy atom. The second-order valence-corrected chi connectivity index (χ2v) is 7.77. The Kier molecular flexibility index (Phi) is 5.56. The summed E-state index contributed by atoms with van der Waals surface area (Å²) in [5.74, 6) is 1.15. The number of thioether (sulfide) groups is 1. The van der Waals surface area contributed by atoms with Crippen molar-refractivity contribution in [1.29, 1.82) is 0 Å². The van der Waals surface area contributed by atoms with Gasteiger partial charge in [0, 0.05) is 23.6 Å². The molecule has 2 atom stereocenters. The van der Waals surface area contributed by atoms with E-state index in [0.717, 1.165) is 12.2 Å². The first-order chi connectivity index (χ1) is 7.49. The van der Waals surface area contributed by atoms with Crippen molar-refractivity contribution in [2.45, 2.75) is 38.0 Å². The summed E-state index contributed by atoms with van der Waals surface area (Å²) >= 11 is 1.85. The van der Waals surface area contributed by atoms with E-state index in [1.165, 1.54) is 0 Å². The Balaban J connectivity index is 2.59. The van der Waals surface area contributed by atoms with Gasteiger partial charge in [-0.3, -0.25) is 0 Å². The predicted octanol–water partition coefficient (Wildman–Crippen LogP) is 0.881. The van der Waals surface area contributed by atoms with Crippen molar-refractivity contribution < 1.29 is 8.42 Å². The van der Waals surface area contributed by atoms with E-state index in [4.69, 9.17) is 5.73 Å². The first-order valence-corrected chi connectivity index (χ1v) is 8.46. The maximum Gasteiger partial charge on any atom is 0.214 e. The number of nitrogens with zero attached hydrogens (tertiary/aromatic N) is 1. The van der Waals surface area contributed by atoms with E-state index in [1.807, 2.05) is 18.7 Å². The first-order valence-electron chi connectivity index (χ1n) is 5.80. The summed E-state index contributed by atoms with van der Waals surface area (Å²) in [7, 11) is -3.07. The summed E-state index contributed by atoms with van der Waals surface area (Å²) in [6.45, 7) is 5.31. The van der Waals surface area contributed by atoms with E-state index >= 15 is 0 Å². The molecule has 0 bridgehead atoms. The topological polar surface area (TPSA) is 63.4 Å². The molecule has 2 unspecified atom stereocenters. The molecule has 0 radical (unpaired) electrons. The highest BCUT2D eigenvalue weighted by Gasteiger charge is 2.33. The van der Waals surface area contributed by atoms with Gasteiger partial charge in [0.25, 0.3) is 0 Å². The van der Waals surface area contributed by atoms with Crippen LogP contribution >= 0.6 is 11.8 Å². The standard InChI is InChI=1S/C10H22N2O2S2/c1-9-10(2)15-7-6-12(9)16(13,14)8-4-3-5-11/h9-10H,3-8,11H2,1-2H3. The molecule has 2 N–H and O–H groups in total. The maximum atomic E-state index is 12.1. The third kappa shape index (κ3) is 3.61. The zero-order valence-corrected chi connectivity index (χ0v) is 11.7. The van der Waals surface area contributed by atoms with Gasteiger partial charge in [-0.15, -0.1) is 0 Å². The van der Waals surface area contributed by atoms with Crippen LogP contribution in [0.2, 0.25) is 0 Å². The van der Waals surface area contributed by atoms with E-state index in [9.17, 15) is 8.42 Å². The number of hydrogen-bond acceptors (Lipinski definition) is 4. The van der Waals surface area contributed by atoms with Gasteiger partial charge >= 0.3 is 0 Å². The fraction of sp³-hybridized carbons (Fsp3) is 1.00. The second kappa shape index (κ2) is 6.23. The van der Waals surface area contributed by atoms with Crippen LogP contribution < -0.4 is 5.73 Å². The summed E-state index contributed by atoms with van der Waals surface area (Å²) in [4.78, 5) is 0. The molecule has 0 aromatic heterocycles. The molecular formula is C10H22N2O2S2. The number of nitrogens with two attached hydrogens (primary N) is 1. The largest absolute Gasteiger partial charge is 0.330 e. The average molecular weight is 266 g/mol. The Labute approximate surface area is 103 Å². The van der Waals surface area contributed by atoms with Crippen LogP contribution in [-0.4, -0.2) is 48.6 Å². The van der Waals surface area contributed by atoms with Crippen LogP contribution in [0.25, 0.3) is 0 Å². The van der Waals surface area contributed by atoms with Crippen LogP contribution in [0.1, 0.15) is 26.7 Å². The van der Waals surface area contributed by atoms with E-state index in [2.05, 4.69) is 6.92 Å². The highest BCUT2D eigenvalue weighted by atomic mass is 32.2. The fourth-order valence-electron chi connectivity index (χ4n) is 1.84. The van der Waals surface area contributed by atoms with Crippen LogP contribution in [0.5, 0.6) is 0 Å². The Hall–Kier alpha value is 0.220. The van der Waals surface area contributed by atoms with Crippen LogP contribution in [0.3, 0.4) is 0 Å². The van der Waals surface area contributed by atoms with Crippen LogP contribution in [0, 0.1) is 0 Å². The monoisotopic (exact) mass is 266 g/mol. The maximum absolute atomic E-state index is 12.1. The Morgan fingerprint density at radius 1 is 1.38 bits per heavy atom. The van der Waals surface area contributed by atoms with Crippen LogP contribution in [0.4, 0.5) is 0 Å². The molecule has 1 saturated heterocycles. The first kappa shape index (κ1) is 14.3. The number of rotatable bonds is 5. The number of unbranched alkanes of at least 4 members (excludes halogenated alkanes) is 1. The highest BCUT2D eigenvalue weighted by Crippen LogP contribution is 2.26. The molecule has 1 aliphatic rings. The van der Waals surface area contributed by atoms with Gasteiger partial charge < -0.3 is 5.73 Å². The zero-order chi connectivity index (χ0) is 12.2. The normalized spacial score (nSPS) is 28.2. The molecule has 0 aromatic rings. The number of hydrogen-bond donors (Lipinski definition) is 1. The summed E-state index contributed by atoms with van der Waals surface area (Å²) in [6.07, 6.45) is 1.45. The highest BCUT2D eigenvalue weighted by molar-refractivity contribution is 8.00. The molecule has 1 fully saturated rings. The molecule has 1 aliphatic heterocycles. The van der Waals surface area contributed by atoms with Gasteiger partial charge in [-0.25, -0.2) is 8.42 Å². The van der Waals surface area contributed by atoms with Crippen molar-refractivity contribution in [1.82, 2.24) is 4.31 Å². The second-order valence-electron chi connectivity index (χ2n) is 4.24. The smallest absolute Gasteiger partial charge is 0.214 e. The summed E-state index contributed by atoms with van der Waals surface area (Å²) in [6, 6.07) is 0.113. The summed E-state index contributed by atoms with van der Waals surface area (Å²) in [5.41, 5.74) is 5.37. The molecule has 0 aromatic carbocycles. The van der Waals surface area contributed by atoms with Gasteiger partial charge in [-0.2, -0.15) is 16.1 Å². The predicted molar refractivity (Wildman–Crippen MR) is 70.2 cm³/mol. The van der Waals surface area contributed by atoms with Crippen molar-refractivity contribution in [3.05, 3.63) is 0 Å². The van der Waals surface area contributed by atoms with Crippen molar-refractivity contribution in [2.75, 3.05) is 24.6 Å². The molecule has 1 rings (SSSR count). The minimum atomic E-state index is -3.07. The third-order valence-electron chi connectivity index (χ3n) is 3.04. The lowest BCUT2D eigenvalue weighted by molar-refractivity contribution is 0.340. The van der Waals surface area contributed by atoms with Gasteiger partial charge in [-0.1, -0.05) is 6.92 Å². The average Bonchev–Trinajstić information content (AvgIpc) is 2.22. The quantitative estimate of drug-likeness (QED) is 0.750. The molecule has 0 aliphatic carbocycles. The van der Waals surface area contributed by atoms with Crippen molar-refractivity contribution in [2.24, 2.45) is 5.73 Å². The van der Waals surface area contributed by atoms with Crippen molar-refractivity contribution in [3.63, 3.8) is 0 Å². The third-order valence-corrected chi connectivity index (χ3v) is 6.41. The summed E-state index contributed by atoms with van der Waals surface area (Å²) in [5, 5.41) is 0.387. The van der Waals surface area contributed by atoms with Gasteiger partial charge in [0.2, 0.25) is 10.0 Å². The minimum Gasteiger partial charge on any atom is -0.330 e. The lowest BCUT2D eigenvalue weighted by Gasteiger charge is -2.36. The molecular weight excluding hydrogens is 244 g/mol. The fourth-order valence-corrected chi connectivity index (χ4v) is 5.00. The van der Waals surface area contributed by atoms with E-state index < -0.39 is 10.0 Å². The number of sulfonamides is 1. The van der Waals surface area contributed by atoms with E-state index in [0.29, 0.717) is 24.8 Å². The zero-order valence-electron chi connectivity index (χ0n) is 10.1. The molecule has 1 heterocycles. The lowest BCUT2D eigenvalue weighted by Crippen LogP contribution is -2.48. The Bertz CT molecular complexity index is 306. The molecule has 0 saturated carbocycles. The van der Waals surface area contributed by atoms with Gasteiger partial charge in [0.15, 0.2) is 0 Å². The molecule has 0 amide bonds. The molecule has 96 valence electrons. The Morgan fingerprint density at radius 2 is 2.06 bits per heavy atom. The SMILES string of the molecule is CC1SCCN(S(=O)(=O)CCCCN)C1C. The molecule has 16 heavy (non-hydrogen) atoms. The van der Waals surface area contributed by atoms with Gasteiger partial charge in [-0.05, 0) is 26.3 Å². The van der Waals surface area contributed by atoms with Crippen molar-refractivity contribution in [3.8, 4) is 0 Å². The van der Waals surface area contributed by atoms with E-state index in [-0.39, 0.29) is 11.8 Å². The summed E-state index contributed by atoms with van der Waals surface area (Å²) < 4.78 is 25.9. The molecule has 4 nitrogen and oxygen atoms in total. The van der Waals surface area contributed by atoms with Crippen LogP contribution in [-0.2, 0) is 10.0 Å². The molecule has 0 spiro atoms. The van der Waals surface area contributed by atoms with Gasteiger partial charge in [0.05, 0.1) is 5.75 Å².